The van der Waals surface area contributed by atoms with Gasteiger partial charge in [-0.15, -0.1) is 0 Å². The fourth-order valence-electron chi connectivity index (χ4n) is 1.97. The molecule has 3 heteroatoms. The van der Waals surface area contributed by atoms with Crippen LogP contribution >= 0.6 is 15.9 Å². The van der Waals surface area contributed by atoms with Crippen molar-refractivity contribution in [2.45, 2.75) is 0 Å². The van der Waals surface area contributed by atoms with E-state index in [1.807, 2.05) is 60.7 Å². The van der Waals surface area contributed by atoms with E-state index in [4.69, 9.17) is 4.74 Å². The van der Waals surface area contributed by atoms with Crippen LogP contribution < -0.4 is 0 Å². The van der Waals surface area contributed by atoms with Gasteiger partial charge in [-0.3, -0.25) is 0 Å². The third kappa shape index (κ3) is 2.73. The molecule has 0 amide bonds. The molecule has 0 unspecified atom stereocenters. The SMILES string of the molecule is O=C1OC(c2ccccc2)=CC1=Cc1ccc(Br)cc1. The molecule has 0 aromatic heterocycles. The van der Waals surface area contributed by atoms with Crippen molar-refractivity contribution in [1.29, 1.82) is 0 Å². The lowest BCUT2D eigenvalue weighted by atomic mass is 10.1. The molecule has 0 spiro atoms. The predicted octanol–water partition coefficient (Wildman–Crippen LogP) is 4.43. The average molecular weight is 327 g/mol. The number of esters is 1. The summed E-state index contributed by atoms with van der Waals surface area (Å²) in [6, 6.07) is 17.4. The van der Waals surface area contributed by atoms with Gasteiger partial charge in [-0.1, -0.05) is 58.4 Å². The van der Waals surface area contributed by atoms with Crippen molar-refractivity contribution in [3.8, 4) is 0 Å². The molecular formula is C17H11BrO2. The van der Waals surface area contributed by atoms with Gasteiger partial charge >= 0.3 is 5.97 Å². The third-order valence-corrected chi connectivity index (χ3v) is 3.50. The van der Waals surface area contributed by atoms with Gasteiger partial charge in [0, 0.05) is 10.0 Å². The maximum Gasteiger partial charge on any atom is 0.343 e. The molecule has 1 aliphatic rings. The summed E-state index contributed by atoms with van der Waals surface area (Å²) in [5.41, 5.74) is 2.43. The second kappa shape index (κ2) is 5.47. The van der Waals surface area contributed by atoms with Gasteiger partial charge < -0.3 is 4.74 Å². The molecule has 2 nitrogen and oxygen atoms in total. The van der Waals surface area contributed by atoms with Gasteiger partial charge in [0.1, 0.15) is 5.76 Å². The quantitative estimate of drug-likeness (QED) is 0.602. The number of hydrogen-bond acceptors (Lipinski definition) is 2. The molecule has 2 aromatic rings. The minimum Gasteiger partial charge on any atom is -0.422 e. The lowest BCUT2D eigenvalue weighted by Gasteiger charge is -2.00. The Morgan fingerprint density at radius 1 is 0.950 bits per heavy atom. The summed E-state index contributed by atoms with van der Waals surface area (Å²) in [4.78, 5) is 11.9. The Hall–Kier alpha value is -2.13. The minimum atomic E-state index is -0.313. The Labute approximate surface area is 125 Å². The van der Waals surface area contributed by atoms with Crippen molar-refractivity contribution >= 4 is 33.7 Å². The van der Waals surface area contributed by atoms with E-state index in [1.165, 1.54) is 0 Å². The lowest BCUT2D eigenvalue weighted by molar-refractivity contribution is -0.130. The molecule has 1 heterocycles. The van der Waals surface area contributed by atoms with E-state index in [0.29, 0.717) is 11.3 Å². The fourth-order valence-corrected chi connectivity index (χ4v) is 2.24. The summed E-state index contributed by atoms with van der Waals surface area (Å²) in [6.45, 7) is 0. The summed E-state index contributed by atoms with van der Waals surface area (Å²) < 4.78 is 6.31. The molecule has 0 atom stereocenters. The number of halogens is 1. The fraction of sp³-hybridized carbons (Fsp3) is 0. The van der Waals surface area contributed by atoms with Crippen molar-refractivity contribution in [3.05, 3.63) is 81.8 Å². The number of rotatable bonds is 2. The zero-order valence-corrected chi connectivity index (χ0v) is 12.1. The van der Waals surface area contributed by atoms with E-state index in [2.05, 4.69) is 15.9 Å². The highest BCUT2D eigenvalue weighted by Crippen LogP contribution is 2.27. The van der Waals surface area contributed by atoms with Gasteiger partial charge in [-0.05, 0) is 29.8 Å². The zero-order chi connectivity index (χ0) is 13.9. The smallest absolute Gasteiger partial charge is 0.343 e. The second-order valence-corrected chi connectivity index (χ2v) is 5.33. The monoisotopic (exact) mass is 326 g/mol. The molecule has 2 aromatic carbocycles. The van der Waals surface area contributed by atoms with Crippen LogP contribution in [-0.4, -0.2) is 5.97 Å². The van der Waals surface area contributed by atoms with Crippen LogP contribution in [0.3, 0.4) is 0 Å². The highest BCUT2D eigenvalue weighted by atomic mass is 79.9. The van der Waals surface area contributed by atoms with Crippen molar-refractivity contribution in [2.24, 2.45) is 0 Å². The van der Waals surface area contributed by atoms with Gasteiger partial charge in [0.05, 0.1) is 5.57 Å². The number of carbonyl (C=O) groups excluding carboxylic acids is 1. The van der Waals surface area contributed by atoms with Gasteiger partial charge in [0.25, 0.3) is 0 Å². The molecule has 0 radical (unpaired) electrons. The van der Waals surface area contributed by atoms with Crippen LogP contribution in [0, 0.1) is 0 Å². The van der Waals surface area contributed by atoms with E-state index in [1.54, 1.807) is 6.08 Å². The highest BCUT2D eigenvalue weighted by Gasteiger charge is 2.21. The van der Waals surface area contributed by atoms with E-state index in [9.17, 15) is 4.79 Å². The normalized spacial score (nSPS) is 16.1. The number of cyclic esters (lactones) is 1. The van der Waals surface area contributed by atoms with Crippen LogP contribution in [0.4, 0.5) is 0 Å². The third-order valence-electron chi connectivity index (χ3n) is 2.98. The first kappa shape index (κ1) is 12.9. The highest BCUT2D eigenvalue weighted by molar-refractivity contribution is 9.10. The van der Waals surface area contributed by atoms with E-state index < -0.39 is 0 Å². The molecule has 0 saturated heterocycles. The summed E-state index contributed by atoms with van der Waals surface area (Å²) in [5.74, 6) is 0.283. The summed E-state index contributed by atoms with van der Waals surface area (Å²) in [5, 5.41) is 0. The first-order valence-electron chi connectivity index (χ1n) is 6.19. The first-order valence-corrected chi connectivity index (χ1v) is 6.98. The van der Waals surface area contributed by atoms with Crippen LogP contribution in [0.25, 0.3) is 11.8 Å². The van der Waals surface area contributed by atoms with Gasteiger partial charge in [0.15, 0.2) is 0 Å². The van der Waals surface area contributed by atoms with Crippen molar-refractivity contribution < 1.29 is 9.53 Å². The van der Waals surface area contributed by atoms with Crippen LogP contribution in [0.15, 0.2) is 70.7 Å². The minimum absolute atomic E-state index is 0.313. The Morgan fingerprint density at radius 2 is 1.65 bits per heavy atom. The standard InChI is InChI=1S/C17H11BrO2/c18-15-8-6-12(7-9-15)10-14-11-16(20-17(14)19)13-4-2-1-3-5-13/h1-11H. The van der Waals surface area contributed by atoms with E-state index >= 15 is 0 Å². The van der Waals surface area contributed by atoms with Crippen molar-refractivity contribution in [1.82, 2.24) is 0 Å². The van der Waals surface area contributed by atoms with E-state index in [-0.39, 0.29) is 5.97 Å². The second-order valence-electron chi connectivity index (χ2n) is 4.42. The molecule has 1 aliphatic heterocycles. The zero-order valence-electron chi connectivity index (χ0n) is 10.5. The van der Waals surface area contributed by atoms with Gasteiger partial charge in [0.2, 0.25) is 0 Å². The molecule has 0 N–H and O–H groups in total. The Morgan fingerprint density at radius 3 is 2.35 bits per heavy atom. The molecule has 0 saturated carbocycles. The van der Waals surface area contributed by atoms with E-state index in [0.717, 1.165) is 15.6 Å². The average Bonchev–Trinajstić information content (AvgIpc) is 2.84. The molecule has 0 aliphatic carbocycles. The Bertz CT molecular complexity index is 698. The predicted molar refractivity (Wildman–Crippen MR) is 82.6 cm³/mol. The molecule has 20 heavy (non-hydrogen) atoms. The van der Waals surface area contributed by atoms with Crippen molar-refractivity contribution in [2.75, 3.05) is 0 Å². The Kier molecular flexibility index (Phi) is 3.52. The largest absolute Gasteiger partial charge is 0.422 e. The molecular weight excluding hydrogens is 316 g/mol. The van der Waals surface area contributed by atoms with Crippen LogP contribution in [0.5, 0.6) is 0 Å². The van der Waals surface area contributed by atoms with Crippen LogP contribution in [-0.2, 0) is 9.53 Å². The Balaban J connectivity index is 1.92. The van der Waals surface area contributed by atoms with Gasteiger partial charge in [-0.2, -0.15) is 0 Å². The molecule has 0 fully saturated rings. The summed E-state index contributed by atoms with van der Waals surface area (Å²) in [7, 11) is 0. The van der Waals surface area contributed by atoms with Crippen LogP contribution in [0.1, 0.15) is 11.1 Å². The van der Waals surface area contributed by atoms with Crippen LogP contribution in [0.2, 0.25) is 0 Å². The van der Waals surface area contributed by atoms with Gasteiger partial charge in [-0.25, -0.2) is 4.79 Å². The first-order chi connectivity index (χ1) is 9.72. The molecule has 3 rings (SSSR count). The lowest BCUT2D eigenvalue weighted by Crippen LogP contribution is -1.97. The number of hydrogen-bond donors (Lipinski definition) is 0. The topological polar surface area (TPSA) is 26.3 Å². The maximum atomic E-state index is 11.9. The molecule has 98 valence electrons. The summed E-state index contributed by atoms with van der Waals surface area (Å²) >= 11 is 3.39. The number of benzene rings is 2. The number of ether oxygens (including phenoxy) is 1. The van der Waals surface area contributed by atoms with Crippen molar-refractivity contribution in [3.63, 3.8) is 0 Å². The number of carbonyl (C=O) groups is 1. The maximum absolute atomic E-state index is 11.9. The summed E-state index contributed by atoms with van der Waals surface area (Å²) in [6.07, 6.45) is 3.60. The molecule has 0 bridgehead atoms.